The van der Waals surface area contributed by atoms with Crippen LogP contribution in [0.5, 0.6) is 5.75 Å². The van der Waals surface area contributed by atoms with Gasteiger partial charge in [-0.2, -0.15) is 0 Å². The summed E-state index contributed by atoms with van der Waals surface area (Å²) in [6, 6.07) is 4.12. The average molecular weight is 411 g/mol. The van der Waals surface area contributed by atoms with Crippen LogP contribution in [-0.2, 0) is 9.53 Å². The molecule has 3 aliphatic rings. The Bertz CT molecular complexity index is 775. The largest absolute Gasteiger partial charge is 0.489 e. The third-order valence-corrected chi connectivity index (χ3v) is 6.49. The van der Waals surface area contributed by atoms with Crippen LogP contribution in [0.4, 0.5) is 9.18 Å². The second-order valence-corrected chi connectivity index (χ2v) is 8.55. The molecule has 0 aromatic heterocycles. The first-order chi connectivity index (χ1) is 13.3. The standard InChI is InChI=1S/C20H24ClFN2O4/c1-12(28-17-3-2-15(22)8-16(17)21)13-4-6-24(7-5-13)18(25)14-9-20(10-14)11-27-19(26)23-20/h2-3,8,12-14H,4-7,9-11H2,1H3,(H,23,26)/t12-,14?,20?/m0/s1. The lowest BCUT2D eigenvalue weighted by Crippen LogP contribution is -2.58. The number of carbonyl (C=O) groups is 2. The molecule has 152 valence electrons. The zero-order chi connectivity index (χ0) is 19.9. The fourth-order valence-corrected chi connectivity index (χ4v) is 4.70. The van der Waals surface area contributed by atoms with Gasteiger partial charge in [0.1, 0.15) is 18.2 Å². The van der Waals surface area contributed by atoms with Crippen LogP contribution in [-0.4, -0.2) is 48.2 Å². The summed E-state index contributed by atoms with van der Waals surface area (Å²) in [5, 5.41) is 3.09. The second kappa shape index (κ2) is 7.43. The predicted molar refractivity (Wildman–Crippen MR) is 101 cm³/mol. The van der Waals surface area contributed by atoms with E-state index in [9.17, 15) is 14.0 Å². The highest BCUT2D eigenvalue weighted by atomic mass is 35.5. The Labute approximate surface area is 168 Å². The Morgan fingerprint density at radius 2 is 2.11 bits per heavy atom. The molecule has 28 heavy (non-hydrogen) atoms. The van der Waals surface area contributed by atoms with Crippen molar-refractivity contribution < 1.29 is 23.5 Å². The lowest BCUT2D eigenvalue weighted by molar-refractivity contribution is -0.143. The Balaban J connectivity index is 1.25. The van der Waals surface area contributed by atoms with E-state index in [1.54, 1.807) is 6.07 Å². The van der Waals surface area contributed by atoms with E-state index in [-0.39, 0.29) is 34.6 Å². The van der Waals surface area contributed by atoms with Crippen LogP contribution in [0.3, 0.4) is 0 Å². The Kier molecular flexibility index (Phi) is 5.12. The van der Waals surface area contributed by atoms with Crippen LogP contribution in [0, 0.1) is 17.7 Å². The molecule has 0 unspecified atom stereocenters. The van der Waals surface area contributed by atoms with E-state index in [0.29, 0.717) is 44.2 Å². The van der Waals surface area contributed by atoms with E-state index >= 15 is 0 Å². The van der Waals surface area contributed by atoms with Gasteiger partial charge in [-0.3, -0.25) is 4.79 Å². The van der Waals surface area contributed by atoms with E-state index in [4.69, 9.17) is 21.1 Å². The van der Waals surface area contributed by atoms with Gasteiger partial charge in [-0.25, -0.2) is 9.18 Å². The van der Waals surface area contributed by atoms with Crippen molar-refractivity contribution in [1.29, 1.82) is 0 Å². The normalized spacial score (nSPS) is 28.5. The van der Waals surface area contributed by atoms with Crippen molar-refractivity contribution in [1.82, 2.24) is 10.2 Å². The molecule has 2 saturated heterocycles. The fraction of sp³-hybridized carbons (Fsp3) is 0.600. The summed E-state index contributed by atoms with van der Waals surface area (Å²) >= 11 is 6.04. The first-order valence-electron chi connectivity index (χ1n) is 9.71. The zero-order valence-electron chi connectivity index (χ0n) is 15.7. The van der Waals surface area contributed by atoms with Crippen LogP contribution in [0.25, 0.3) is 0 Å². The van der Waals surface area contributed by atoms with Crippen molar-refractivity contribution in [2.75, 3.05) is 19.7 Å². The molecule has 2 aliphatic heterocycles. The smallest absolute Gasteiger partial charge is 0.407 e. The van der Waals surface area contributed by atoms with Gasteiger partial charge in [-0.15, -0.1) is 0 Å². The van der Waals surface area contributed by atoms with Gasteiger partial charge in [-0.05, 0) is 56.7 Å². The van der Waals surface area contributed by atoms with Crippen LogP contribution in [0.2, 0.25) is 5.02 Å². The van der Waals surface area contributed by atoms with Crippen LogP contribution in [0.1, 0.15) is 32.6 Å². The third kappa shape index (κ3) is 3.77. The van der Waals surface area contributed by atoms with Gasteiger partial charge in [0, 0.05) is 19.0 Å². The van der Waals surface area contributed by atoms with Gasteiger partial charge in [0.05, 0.1) is 16.7 Å². The first kappa shape index (κ1) is 19.3. The van der Waals surface area contributed by atoms with E-state index in [1.165, 1.54) is 12.1 Å². The van der Waals surface area contributed by atoms with Crippen LogP contribution >= 0.6 is 11.6 Å². The van der Waals surface area contributed by atoms with Gasteiger partial charge < -0.3 is 19.7 Å². The maximum Gasteiger partial charge on any atom is 0.407 e. The SMILES string of the molecule is C[C@H](Oc1ccc(F)cc1Cl)C1CCN(C(=O)C2CC3(COC(=O)N3)C2)CC1. The van der Waals surface area contributed by atoms with Gasteiger partial charge in [0.25, 0.3) is 0 Å². The summed E-state index contributed by atoms with van der Waals surface area (Å²) in [6.45, 7) is 3.74. The number of carbonyl (C=O) groups excluding carboxylic acids is 2. The number of nitrogens with zero attached hydrogens (tertiary/aromatic N) is 1. The van der Waals surface area contributed by atoms with Gasteiger partial charge >= 0.3 is 6.09 Å². The second-order valence-electron chi connectivity index (χ2n) is 8.15. The number of benzene rings is 1. The highest BCUT2D eigenvalue weighted by molar-refractivity contribution is 6.32. The summed E-state index contributed by atoms with van der Waals surface area (Å²) in [7, 11) is 0. The lowest BCUT2D eigenvalue weighted by Gasteiger charge is -2.45. The quantitative estimate of drug-likeness (QED) is 0.826. The minimum Gasteiger partial charge on any atom is -0.489 e. The van der Waals surface area contributed by atoms with E-state index in [0.717, 1.165) is 12.8 Å². The number of piperidine rings is 1. The molecular formula is C20H24ClFN2O4. The highest BCUT2D eigenvalue weighted by Gasteiger charge is 2.53. The van der Waals surface area contributed by atoms with Crippen molar-refractivity contribution in [2.24, 2.45) is 11.8 Å². The average Bonchev–Trinajstić information content (AvgIpc) is 3.04. The number of alkyl carbamates (subject to hydrolysis) is 1. The van der Waals surface area contributed by atoms with Crippen LogP contribution in [0.15, 0.2) is 18.2 Å². The number of likely N-dealkylation sites (tertiary alicyclic amines) is 1. The molecule has 1 saturated carbocycles. The molecule has 2 amide bonds. The van der Waals surface area contributed by atoms with Crippen molar-refractivity contribution in [3.8, 4) is 5.75 Å². The molecule has 1 spiro atoms. The van der Waals surface area contributed by atoms with Gasteiger partial charge in [0.2, 0.25) is 5.91 Å². The number of hydrogen-bond donors (Lipinski definition) is 1. The molecule has 1 N–H and O–H groups in total. The van der Waals surface area contributed by atoms with Crippen molar-refractivity contribution in [3.05, 3.63) is 29.0 Å². The summed E-state index contributed by atoms with van der Waals surface area (Å²) in [6.07, 6.45) is 2.55. The van der Waals surface area contributed by atoms with E-state index in [2.05, 4.69) is 5.32 Å². The number of ether oxygens (including phenoxy) is 2. The molecule has 0 radical (unpaired) electrons. The zero-order valence-corrected chi connectivity index (χ0v) is 16.5. The number of hydrogen-bond acceptors (Lipinski definition) is 4. The van der Waals surface area contributed by atoms with Crippen molar-refractivity contribution in [3.63, 3.8) is 0 Å². The molecule has 3 fully saturated rings. The number of rotatable bonds is 4. The number of cyclic esters (lactones) is 1. The number of amides is 2. The fourth-order valence-electron chi connectivity index (χ4n) is 4.49. The lowest BCUT2D eigenvalue weighted by atomic mass is 9.68. The molecule has 1 aromatic rings. The summed E-state index contributed by atoms with van der Waals surface area (Å²) < 4.78 is 24.1. The Hall–Kier alpha value is -2.02. The molecule has 8 heteroatoms. The van der Waals surface area contributed by atoms with E-state index < -0.39 is 5.82 Å². The Morgan fingerprint density at radius 3 is 2.71 bits per heavy atom. The van der Waals surface area contributed by atoms with Crippen molar-refractivity contribution >= 4 is 23.6 Å². The van der Waals surface area contributed by atoms with Crippen LogP contribution < -0.4 is 10.1 Å². The minimum absolute atomic E-state index is 0.0368. The summed E-state index contributed by atoms with van der Waals surface area (Å²) in [5.74, 6) is 0.527. The number of nitrogens with one attached hydrogen (secondary N) is 1. The summed E-state index contributed by atoms with van der Waals surface area (Å²) in [5.41, 5.74) is -0.327. The molecule has 4 rings (SSSR count). The van der Waals surface area contributed by atoms with Gasteiger partial charge in [-0.1, -0.05) is 11.6 Å². The molecule has 6 nitrogen and oxygen atoms in total. The predicted octanol–water partition coefficient (Wildman–Crippen LogP) is 3.37. The molecule has 2 heterocycles. The molecule has 1 aromatic carbocycles. The minimum atomic E-state index is -0.390. The molecular weight excluding hydrogens is 387 g/mol. The van der Waals surface area contributed by atoms with Crippen molar-refractivity contribution in [2.45, 2.75) is 44.2 Å². The molecule has 0 bridgehead atoms. The maximum atomic E-state index is 13.2. The number of halogens is 2. The van der Waals surface area contributed by atoms with Gasteiger partial charge in [0.15, 0.2) is 0 Å². The highest BCUT2D eigenvalue weighted by Crippen LogP contribution is 2.42. The molecule has 1 atom stereocenters. The molecule has 1 aliphatic carbocycles. The summed E-state index contributed by atoms with van der Waals surface area (Å²) in [4.78, 5) is 25.9. The first-order valence-corrected chi connectivity index (χ1v) is 10.1. The Morgan fingerprint density at radius 1 is 1.39 bits per heavy atom. The third-order valence-electron chi connectivity index (χ3n) is 6.19. The topological polar surface area (TPSA) is 67.9 Å². The monoisotopic (exact) mass is 410 g/mol. The van der Waals surface area contributed by atoms with E-state index in [1.807, 2.05) is 11.8 Å². The maximum absolute atomic E-state index is 13.2.